The molecule has 0 bridgehead atoms. The SMILES string of the molecule is Cc1ccc2c(c1)C(O)(C1CCCCCN1)CC2. The highest BCUT2D eigenvalue weighted by Gasteiger charge is 2.43. The standard InChI is InChI=1S/C16H23NO/c1-12-6-7-13-8-9-16(18,14(13)11-12)15-5-3-2-4-10-17-15/h6-7,11,15,17-18H,2-5,8-10H2,1H3. The number of aryl methyl sites for hydroxylation is 2. The lowest BCUT2D eigenvalue weighted by Crippen LogP contribution is -2.47. The first kappa shape index (κ1) is 12.2. The summed E-state index contributed by atoms with van der Waals surface area (Å²) >= 11 is 0. The summed E-state index contributed by atoms with van der Waals surface area (Å²) in [6.45, 7) is 3.16. The molecule has 2 unspecified atom stereocenters. The average Bonchev–Trinajstić information content (AvgIpc) is 2.59. The molecule has 0 radical (unpaired) electrons. The Balaban J connectivity index is 1.94. The van der Waals surface area contributed by atoms with Gasteiger partial charge in [0.25, 0.3) is 0 Å². The minimum Gasteiger partial charge on any atom is -0.384 e. The second kappa shape index (κ2) is 4.67. The van der Waals surface area contributed by atoms with Crippen LogP contribution in [-0.2, 0) is 12.0 Å². The third-order valence-corrected chi connectivity index (χ3v) is 4.64. The smallest absolute Gasteiger partial charge is 0.105 e. The average molecular weight is 245 g/mol. The summed E-state index contributed by atoms with van der Waals surface area (Å²) in [7, 11) is 0. The monoisotopic (exact) mass is 245 g/mol. The molecule has 2 nitrogen and oxygen atoms in total. The summed E-state index contributed by atoms with van der Waals surface area (Å²) in [6.07, 6.45) is 6.77. The Bertz CT molecular complexity index is 435. The quantitative estimate of drug-likeness (QED) is 0.797. The molecule has 0 amide bonds. The van der Waals surface area contributed by atoms with Gasteiger partial charge in [0, 0.05) is 6.04 Å². The van der Waals surface area contributed by atoms with Gasteiger partial charge in [-0.3, -0.25) is 0 Å². The van der Waals surface area contributed by atoms with E-state index in [1.54, 1.807) is 0 Å². The van der Waals surface area contributed by atoms with Crippen molar-refractivity contribution in [2.75, 3.05) is 6.54 Å². The normalized spacial score (nSPS) is 32.0. The summed E-state index contributed by atoms with van der Waals surface area (Å²) in [5, 5.41) is 14.7. The van der Waals surface area contributed by atoms with Crippen LogP contribution in [0.25, 0.3) is 0 Å². The van der Waals surface area contributed by atoms with E-state index in [2.05, 4.69) is 30.4 Å². The van der Waals surface area contributed by atoms with Gasteiger partial charge in [-0.25, -0.2) is 0 Å². The molecule has 1 saturated heterocycles. The molecular weight excluding hydrogens is 222 g/mol. The van der Waals surface area contributed by atoms with Gasteiger partial charge < -0.3 is 10.4 Å². The van der Waals surface area contributed by atoms with Gasteiger partial charge in [-0.1, -0.05) is 36.6 Å². The lowest BCUT2D eigenvalue weighted by atomic mass is 9.85. The Labute approximate surface area is 109 Å². The van der Waals surface area contributed by atoms with Gasteiger partial charge in [-0.15, -0.1) is 0 Å². The fourth-order valence-electron chi connectivity index (χ4n) is 3.57. The Morgan fingerprint density at radius 1 is 1.28 bits per heavy atom. The number of hydrogen-bond donors (Lipinski definition) is 2. The molecule has 3 rings (SSSR count). The molecule has 18 heavy (non-hydrogen) atoms. The van der Waals surface area contributed by atoms with E-state index in [4.69, 9.17) is 0 Å². The van der Waals surface area contributed by atoms with Crippen LogP contribution in [0.1, 0.15) is 48.8 Å². The van der Waals surface area contributed by atoms with Crippen molar-refractivity contribution in [3.05, 3.63) is 34.9 Å². The zero-order chi connectivity index (χ0) is 12.6. The molecule has 98 valence electrons. The van der Waals surface area contributed by atoms with Crippen molar-refractivity contribution in [1.82, 2.24) is 5.32 Å². The number of fused-ring (bicyclic) bond motifs is 1. The van der Waals surface area contributed by atoms with Crippen LogP contribution in [0.5, 0.6) is 0 Å². The van der Waals surface area contributed by atoms with E-state index in [1.165, 1.54) is 36.0 Å². The molecule has 2 aliphatic rings. The number of nitrogens with one attached hydrogen (secondary N) is 1. The van der Waals surface area contributed by atoms with E-state index in [9.17, 15) is 5.11 Å². The highest BCUT2D eigenvalue weighted by molar-refractivity contribution is 5.41. The van der Waals surface area contributed by atoms with Crippen LogP contribution < -0.4 is 5.32 Å². The second-order valence-electron chi connectivity index (χ2n) is 5.94. The molecule has 2 atom stereocenters. The zero-order valence-electron chi connectivity index (χ0n) is 11.2. The van der Waals surface area contributed by atoms with E-state index in [1.807, 2.05) is 0 Å². The van der Waals surface area contributed by atoms with Gasteiger partial charge in [0.2, 0.25) is 0 Å². The number of benzene rings is 1. The van der Waals surface area contributed by atoms with E-state index < -0.39 is 5.60 Å². The van der Waals surface area contributed by atoms with Crippen LogP contribution in [0.2, 0.25) is 0 Å². The maximum absolute atomic E-state index is 11.2. The van der Waals surface area contributed by atoms with Crippen molar-refractivity contribution in [2.24, 2.45) is 0 Å². The van der Waals surface area contributed by atoms with Gasteiger partial charge in [0.1, 0.15) is 5.60 Å². The molecule has 1 aliphatic carbocycles. The minimum atomic E-state index is -0.633. The summed E-state index contributed by atoms with van der Waals surface area (Å²) in [4.78, 5) is 0. The first-order valence-electron chi connectivity index (χ1n) is 7.26. The maximum atomic E-state index is 11.2. The molecule has 0 saturated carbocycles. The molecule has 1 heterocycles. The fraction of sp³-hybridized carbons (Fsp3) is 0.625. The topological polar surface area (TPSA) is 32.3 Å². The van der Waals surface area contributed by atoms with Gasteiger partial charge in [-0.05, 0) is 50.3 Å². The molecule has 1 aliphatic heterocycles. The van der Waals surface area contributed by atoms with Gasteiger partial charge in [0.05, 0.1) is 0 Å². The number of aliphatic hydroxyl groups is 1. The summed E-state index contributed by atoms with van der Waals surface area (Å²) in [5.74, 6) is 0. The molecule has 1 aromatic carbocycles. The molecule has 0 aromatic heterocycles. The highest BCUT2D eigenvalue weighted by Crippen LogP contribution is 2.41. The molecule has 1 fully saturated rings. The van der Waals surface area contributed by atoms with Gasteiger partial charge in [-0.2, -0.15) is 0 Å². The first-order valence-corrected chi connectivity index (χ1v) is 7.26. The summed E-state index contributed by atoms with van der Waals surface area (Å²) < 4.78 is 0. The van der Waals surface area contributed by atoms with Crippen molar-refractivity contribution < 1.29 is 5.11 Å². The van der Waals surface area contributed by atoms with Crippen LogP contribution >= 0.6 is 0 Å². The largest absolute Gasteiger partial charge is 0.384 e. The molecule has 2 heteroatoms. The van der Waals surface area contributed by atoms with E-state index in [0.717, 1.165) is 25.8 Å². The van der Waals surface area contributed by atoms with E-state index >= 15 is 0 Å². The highest BCUT2D eigenvalue weighted by atomic mass is 16.3. The molecular formula is C16H23NO. The maximum Gasteiger partial charge on any atom is 0.105 e. The van der Waals surface area contributed by atoms with Crippen molar-refractivity contribution in [1.29, 1.82) is 0 Å². The Hall–Kier alpha value is -0.860. The van der Waals surface area contributed by atoms with Crippen LogP contribution in [0.3, 0.4) is 0 Å². The first-order chi connectivity index (χ1) is 8.70. The Morgan fingerprint density at radius 2 is 2.17 bits per heavy atom. The van der Waals surface area contributed by atoms with Crippen LogP contribution in [0.4, 0.5) is 0 Å². The zero-order valence-corrected chi connectivity index (χ0v) is 11.2. The third-order valence-electron chi connectivity index (χ3n) is 4.64. The number of rotatable bonds is 1. The molecule has 0 spiro atoms. The van der Waals surface area contributed by atoms with Crippen molar-refractivity contribution >= 4 is 0 Å². The summed E-state index contributed by atoms with van der Waals surface area (Å²) in [5.41, 5.74) is 3.14. The van der Waals surface area contributed by atoms with E-state index in [0.29, 0.717) is 0 Å². The van der Waals surface area contributed by atoms with Crippen LogP contribution in [0, 0.1) is 6.92 Å². The van der Waals surface area contributed by atoms with E-state index in [-0.39, 0.29) is 6.04 Å². The number of hydrogen-bond acceptors (Lipinski definition) is 2. The van der Waals surface area contributed by atoms with Crippen molar-refractivity contribution in [3.8, 4) is 0 Å². The summed E-state index contributed by atoms with van der Waals surface area (Å²) in [6, 6.07) is 6.78. The molecule has 2 N–H and O–H groups in total. The van der Waals surface area contributed by atoms with Gasteiger partial charge >= 0.3 is 0 Å². The lowest BCUT2D eigenvalue weighted by Gasteiger charge is -2.34. The molecule has 1 aromatic rings. The van der Waals surface area contributed by atoms with Crippen molar-refractivity contribution in [3.63, 3.8) is 0 Å². The van der Waals surface area contributed by atoms with Crippen LogP contribution in [-0.4, -0.2) is 17.7 Å². The lowest BCUT2D eigenvalue weighted by molar-refractivity contribution is -0.00318. The van der Waals surface area contributed by atoms with Crippen LogP contribution in [0.15, 0.2) is 18.2 Å². The fourth-order valence-corrected chi connectivity index (χ4v) is 3.57. The second-order valence-corrected chi connectivity index (χ2v) is 5.94. The Kier molecular flexibility index (Phi) is 3.16. The van der Waals surface area contributed by atoms with Crippen molar-refractivity contribution in [2.45, 2.75) is 57.1 Å². The Morgan fingerprint density at radius 3 is 3.06 bits per heavy atom. The van der Waals surface area contributed by atoms with Gasteiger partial charge in [0.15, 0.2) is 0 Å². The predicted molar refractivity (Wildman–Crippen MR) is 73.7 cm³/mol. The predicted octanol–water partition coefficient (Wildman–Crippen LogP) is 2.66. The minimum absolute atomic E-state index is 0.239. The third kappa shape index (κ3) is 1.98.